The van der Waals surface area contributed by atoms with E-state index in [2.05, 4.69) is 5.32 Å². The molecule has 0 saturated heterocycles. The molecule has 94 valence electrons. The molecule has 0 aromatic heterocycles. The number of rotatable bonds is 4. The molecule has 1 amide bonds. The van der Waals surface area contributed by atoms with Crippen LogP contribution in [0.2, 0.25) is 0 Å². The van der Waals surface area contributed by atoms with Crippen LogP contribution in [0.25, 0.3) is 0 Å². The van der Waals surface area contributed by atoms with Crippen LogP contribution >= 0.6 is 0 Å². The van der Waals surface area contributed by atoms with E-state index in [1.807, 2.05) is 0 Å². The van der Waals surface area contributed by atoms with E-state index < -0.39 is 17.5 Å². The van der Waals surface area contributed by atoms with Crippen molar-refractivity contribution >= 4 is 5.91 Å². The summed E-state index contributed by atoms with van der Waals surface area (Å²) in [5, 5.41) is 11.2. The Kier molecular flexibility index (Phi) is 4.57. The van der Waals surface area contributed by atoms with Gasteiger partial charge in [0.15, 0.2) is 0 Å². The van der Waals surface area contributed by atoms with Gasteiger partial charge in [0.25, 0.3) is 5.91 Å². The lowest BCUT2D eigenvalue weighted by atomic mass is 10.1. The average molecular weight is 243 g/mol. The standard InChI is InChI=1S/C12H15F2NO2/c1-7(6-16)5-15-12(17)9-4-10(13)8(2)3-11(9)14/h3-4,7,16H,5-6H2,1-2H3,(H,15,17). The fourth-order valence-electron chi connectivity index (χ4n) is 1.25. The Morgan fingerprint density at radius 2 is 2.06 bits per heavy atom. The average Bonchev–Trinajstić information content (AvgIpc) is 2.30. The molecule has 0 saturated carbocycles. The lowest BCUT2D eigenvalue weighted by Crippen LogP contribution is -2.30. The number of aryl methyl sites for hydroxylation is 1. The fourth-order valence-corrected chi connectivity index (χ4v) is 1.25. The van der Waals surface area contributed by atoms with Crippen LogP contribution in [0, 0.1) is 24.5 Å². The maximum absolute atomic E-state index is 13.4. The molecule has 0 heterocycles. The zero-order valence-electron chi connectivity index (χ0n) is 9.76. The highest BCUT2D eigenvalue weighted by atomic mass is 19.1. The lowest BCUT2D eigenvalue weighted by Gasteiger charge is -2.10. The number of halogens is 2. The first-order valence-corrected chi connectivity index (χ1v) is 5.30. The molecule has 5 heteroatoms. The van der Waals surface area contributed by atoms with E-state index in [0.717, 1.165) is 12.1 Å². The summed E-state index contributed by atoms with van der Waals surface area (Å²) in [5.41, 5.74) is -0.166. The molecule has 0 aliphatic carbocycles. The summed E-state index contributed by atoms with van der Waals surface area (Å²) in [6.45, 7) is 3.29. The molecule has 1 aromatic carbocycles. The number of aliphatic hydroxyl groups excluding tert-OH is 1. The maximum atomic E-state index is 13.4. The molecule has 17 heavy (non-hydrogen) atoms. The molecular weight excluding hydrogens is 228 g/mol. The van der Waals surface area contributed by atoms with Crippen molar-refractivity contribution in [1.29, 1.82) is 0 Å². The summed E-state index contributed by atoms with van der Waals surface area (Å²) in [5.74, 6) is -2.18. The molecule has 0 spiro atoms. The lowest BCUT2D eigenvalue weighted by molar-refractivity contribution is 0.0937. The van der Waals surface area contributed by atoms with Crippen molar-refractivity contribution < 1.29 is 18.7 Å². The number of amides is 1. The predicted octanol–water partition coefficient (Wildman–Crippen LogP) is 1.63. The van der Waals surface area contributed by atoms with Gasteiger partial charge >= 0.3 is 0 Å². The third-order valence-electron chi connectivity index (χ3n) is 2.42. The molecule has 0 fully saturated rings. The minimum Gasteiger partial charge on any atom is -0.396 e. The molecule has 0 radical (unpaired) electrons. The minimum absolute atomic E-state index is 0.0784. The molecule has 1 rings (SSSR count). The van der Waals surface area contributed by atoms with Crippen molar-refractivity contribution in [2.75, 3.05) is 13.2 Å². The van der Waals surface area contributed by atoms with Crippen molar-refractivity contribution in [3.05, 3.63) is 34.9 Å². The zero-order chi connectivity index (χ0) is 13.0. The van der Waals surface area contributed by atoms with Crippen molar-refractivity contribution in [3.8, 4) is 0 Å². The first-order valence-electron chi connectivity index (χ1n) is 5.30. The highest BCUT2D eigenvalue weighted by molar-refractivity contribution is 5.94. The Morgan fingerprint density at radius 3 is 2.65 bits per heavy atom. The second-order valence-electron chi connectivity index (χ2n) is 4.08. The number of carbonyl (C=O) groups is 1. The molecule has 3 nitrogen and oxygen atoms in total. The summed E-state index contributed by atoms with van der Waals surface area (Å²) in [6, 6.07) is 1.86. The first kappa shape index (κ1) is 13.6. The number of nitrogens with one attached hydrogen (secondary N) is 1. The van der Waals surface area contributed by atoms with Gasteiger partial charge < -0.3 is 10.4 Å². The smallest absolute Gasteiger partial charge is 0.254 e. The van der Waals surface area contributed by atoms with Crippen LogP contribution < -0.4 is 5.32 Å². The molecule has 0 aliphatic rings. The van der Waals surface area contributed by atoms with Crippen LogP contribution in [0.5, 0.6) is 0 Å². The number of aliphatic hydroxyl groups is 1. The quantitative estimate of drug-likeness (QED) is 0.844. The molecule has 0 aliphatic heterocycles. The maximum Gasteiger partial charge on any atom is 0.254 e. The van der Waals surface area contributed by atoms with E-state index in [4.69, 9.17) is 5.11 Å². The summed E-state index contributed by atoms with van der Waals surface area (Å²) in [7, 11) is 0. The fraction of sp³-hybridized carbons (Fsp3) is 0.417. The van der Waals surface area contributed by atoms with Gasteiger partial charge in [-0.3, -0.25) is 4.79 Å². The summed E-state index contributed by atoms with van der Waals surface area (Å²) in [4.78, 5) is 11.5. The van der Waals surface area contributed by atoms with Gasteiger partial charge in [0.05, 0.1) is 5.56 Å². The monoisotopic (exact) mass is 243 g/mol. The zero-order valence-corrected chi connectivity index (χ0v) is 9.76. The summed E-state index contributed by atoms with van der Waals surface area (Å²) in [6.07, 6.45) is 0. The van der Waals surface area contributed by atoms with Crippen LogP contribution in [0.15, 0.2) is 12.1 Å². The van der Waals surface area contributed by atoms with Crippen LogP contribution in [0.3, 0.4) is 0 Å². The number of benzene rings is 1. The van der Waals surface area contributed by atoms with Gasteiger partial charge in [-0.15, -0.1) is 0 Å². The third kappa shape index (κ3) is 3.49. The normalized spacial score (nSPS) is 12.3. The van der Waals surface area contributed by atoms with Gasteiger partial charge in [0.2, 0.25) is 0 Å². The van der Waals surface area contributed by atoms with Gasteiger partial charge in [0.1, 0.15) is 11.6 Å². The highest BCUT2D eigenvalue weighted by Gasteiger charge is 2.15. The highest BCUT2D eigenvalue weighted by Crippen LogP contribution is 2.14. The second-order valence-corrected chi connectivity index (χ2v) is 4.08. The van der Waals surface area contributed by atoms with E-state index in [1.54, 1.807) is 6.92 Å². The number of hydrogen-bond acceptors (Lipinski definition) is 2. The van der Waals surface area contributed by atoms with E-state index in [0.29, 0.717) is 0 Å². The predicted molar refractivity (Wildman–Crippen MR) is 59.7 cm³/mol. The topological polar surface area (TPSA) is 49.3 Å². The molecule has 2 N–H and O–H groups in total. The first-order chi connectivity index (χ1) is 7.95. The van der Waals surface area contributed by atoms with Crippen molar-refractivity contribution in [2.45, 2.75) is 13.8 Å². The number of carbonyl (C=O) groups excluding carboxylic acids is 1. The summed E-state index contributed by atoms with van der Waals surface area (Å²) < 4.78 is 26.6. The van der Waals surface area contributed by atoms with E-state index in [1.165, 1.54) is 6.92 Å². The van der Waals surface area contributed by atoms with Crippen LogP contribution in [-0.4, -0.2) is 24.2 Å². The third-order valence-corrected chi connectivity index (χ3v) is 2.42. The van der Waals surface area contributed by atoms with Gasteiger partial charge in [-0.1, -0.05) is 6.92 Å². The van der Waals surface area contributed by atoms with Crippen molar-refractivity contribution in [2.24, 2.45) is 5.92 Å². The van der Waals surface area contributed by atoms with Crippen LogP contribution in [-0.2, 0) is 0 Å². The largest absolute Gasteiger partial charge is 0.396 e. The van der Waals surface area contributed by atoms with Crippen molar-refractivity contribution in [3.63, 3.8) is 0 Å². The minimum atomic E-state index is -0.752. The molecular formula is C12H15F2NO2. The second kappa shape index (κ2) is 5.72. The van der Waals surface area contributed by atoms with Gasteiger partial charge in [0, 0.05) is 13.2 Å². The van der Waals surface area contributed by atoms with Gasteiger partial charge in [-0.25, -0.2) is 8.78 Å². The summed E-state index contributed by atoms with van der Waals surface area (Å²) >= 11 is 0. The Balaban J connectivity index is 2.79. The van der Waals surface area contributed by atoms with E-state index >= 15 is 0 Å². The van der Waals surface area contributed by atoms with Crippen molar-refractivity contribution in [1.82, 2.24) is 5.32 Å². The van der Waals surface area contributed by atoms with E-state index in [9.17, 15) is 13.6 Å². The molecule has 1 unspecified atom stereocenters. The molecule has 1 atom stereocenters. The number of hydrogen-bond donors (Lipinski definition) is 2. The molecule has 1 aromatic rings. The Bertz CT molecular complexity index is 421. The Morgan fingerprint density at radius 1 is 1.41 bits per heavy atom. The van der Waals surface area contributed by atoms with Crippen LogP contribution in [0.1, 0.15) is 22.8 Å². The van der Waals surface area contributed by atoms with E-state index in [-0.39, 0.29) is 30.2 Å². The molecule has 0 bridgehead atoms. The Labute approximate surface area is 98.5 Å². The van der Waals surface area contributed by atoms with Gasteiger partial charge in [-0.2, -0.15) is 0 Å². The Hall–Kier alpha value is -1.49. The van der Waals surface area contributed by atoms with Gasteiger partial charge in [-0.05, 0) is 30.5 Å². The SMILES string of the molecule is Cc1cc(F)c(C(=O)NCC(C)CO)cc1F. The van der Waals surface area contributed by atoms with Crippen LogP contribution in [0.4, 0.5) is 8.78 Å².